The molecule has 75 heavy (non-hydrogen) atoms. The van der Waals surface area contributed by atoms with Crippen molar-refractivity contribution >= 4 is 53.3 Å². The molecule has 10 atom stereocenters. The molecule has 3 aliphatic heterocycles. The van der Waals surface area contributed by atoms with Crippen LogP contribution in [0.5, 0.6) is 0 Å². The summed E-state index contributed by atoms with van der Waals surface area (Å²) in [5.41, 5.74) is 17.0. The monoisotopic (exact) mass is 1050 g/mol. The number of benzene rings is 1. The van der Waals surface area contributed by atoms with E-state index in [1.165, 1.54) is 19.1 Å². The van der Waals surface area contributed by atoms with Crippen LogP contribution in [-0.4, -0.2) is 122 Å². The maximum atomic E-state index is 13.5. The Morgan fingerprint density at radius 2 is 1.61 bits per heavy atom. The van der Waals surface area contributed by atoms with Gasteiger partial charge < -0.3 is 61.7 Å². The van der Waals surface area contributed by atoms with Gasteiger partial charge >= 0.3 is 18.1 Å². The van der Waals surface area contributed by atoms with Crippen molar-refractivity contribution in [3.8, 4) is 0 Å². The number of nitrogens with one attached hydrogen (secondary N) is 7. The molecule has 0 radical (unpaired) electrons. The molecule has 0 aliphatic carbocycles. The topological polar surface area (TPSA) is 322 Å². The fourth-order valence-corrected chi connectivity index (χ4v) is 8.79. The largest absolute Gasteiger partial charge is 0.459 e. The van der Waals surface area contributed by atoms with Crippen molar-refractivity contribution in [2.75, 3.05) is 25.0 Å². The Hall–Kier alpha value is -6.36. The molecule has 11 N–H and O–H groups in total. The third-order valence-corrected chi connectivity index (χ3v) is 13.0. The van der Waals surface area contributed by atoms with E-state index in [1.54, 1.807) is 45.0 Å². The minimum Gasteiger partial charge on any atom is -0.459 e. The van der Waals surface area contributed by atoms with E-state index < -0.39 is 60.1 Å². The maximum absolute atomic E-state index is 13.5. The lowest BCUT2D eigenvalue weighted by molar-refractivity contribution is -0.143. The number of carbonyl (C=O) groups excluding carboxylic acids is 8. The Morgan fingerprint density at radius 3 is 2.28 bits per heavy atom. The number of unbranched alkanes of at least 4 members (excludes halogenated alkanes) is 2. The Morgan fingerprint density at radius 1 is 0.880 bits per heavy atom. The van der Waals surface area contributed by atoms with Gasteiger partial charge in [0.2, 0.25) is 29.5 Å². The second-order valence-corrected chi connectivity index (χ2v) is 20.1. The van der Waals surface area contributed by atoms with E-state index in [2.05, 4.69) is 50.4 Å². The van der Waals surface area contributed by atoms with Gasteiger partial charge in [-0.2, -0.15) is 0 Å². The lowest BCUT2D eigenvalue weighted by Gasteiger charge is -2.39. The van der Waals surface area contributed by atoms with E-state index in [-0.39, 0.29) is 86.0 Å². The summed E-state index contributed by atoms with van der Waals surface area (Å²) in [6.07, 6.45) is 12.1. The number of hydrazine groups is 1. The Balaban J connectivity index is 1.20. The lowest BCUT2D eigenvalue weighted by atomic mass is 9.88. The summed E-state index contributed by atoms with van der Waals surface area (Å²) < 4.78 is 28.8. The second-order valence-electron chi connectivity index (χ2n) is 20.1. The summed E-state index contributed by atoms with van der Waals surface area (Å²) in [6, 6.07) is 3.66. The molecule has 1 spiro atoms. The number of anilines is 1. The predicted octanol–water partition coefficient (Wildman–Crippen LogP) is 3.88. The van der Waals surface area contributed by atoms with Gasteiger partial charge in [-0.15, -0.1) is 0 Å². The van der Waals surface area contributed by atoms with Crippen molar-refractivity contribution in [3.05, 3.63) is 65.8 Å². The molecule has 3 saturated heterocycles. The van der Waals surface area contributed by atoms with Crippen LogP contribution in [0.3, 0.4) is 0 Å². The molecule has 22 nitrogen and oxygen atoms in total. The van der Waals surface area contributed by atoms with Gasteiger partial charge in [-0.1, -0.05) is 63.1 Å². The molecule has 3 heterocycles. The van der Waals surface area contributed by atoms with Gasteiger partial charge in [0, 0.05) is 44.5 Å². The number of esters is 1. The number of rotatable bonds is 27. The van der Waals surface area contributed by atoms with Gasteiger partial charge in [-0.3, -0.25) is 34.2 Å². The zero-order valence-electron chi connectivity index (χ0n) is 44.5. The summed E-state index contributed by atoms with van der Waals surface area (Å²) in [4.78, 5) is 100.0. The number of epoxide rings is 1. The summed E-state index contributed by atoms with van der Waals surface area (Å²) in [5.74, 6) is -2.60. The molecule has 3 aliphatic rings. The Bertz CT molecular complexity index is 2180. The molecule has 1 aromatic rings. The van der Waals surface area contributed by atoms with Crippen LogP contribution in [0, 0.1) is 11.8 Å². The molecule has 0 saturated carbocycles. The van der Waals surface area contributed by atoms with Crippen LogP contribution in [0.15, 0.2) is 60.2 Å². The van der Waals surface area contributed by atoms with Crippen LogP contribution in [-0.2, 0) is 59.1 Å². The first-order chi connectivity index (χ1) is 35.6. The molecular formula is C53H81N9O13. The molecule has 0 aromatic heterocycles. The van der Waals surface area contributed by atoms with Crippen LogP contribution >= 0.6 is 0 Å². The van der Waals surface area contributed by atoms with E-state index >= 15 is 0 Å². The zero-order chi connectivity index (χ0) is 55.1. The molecule has 8 amide bonds. The molecule has 0 unspecified atom stereocenters. The van der Waals surface area contributed by atoms with E-state index in [4.69, 9.17) is 35.2 Å². The number of hydrogen-bond donors (Lipinski definition) is 9. The highest BCUT2D eigenvalue weighted by atomic mass is 16.6. The van der Waals surface area contributed by atoms with Crippen LogP contribution in [0.25, 0.3) is 0 Å². The number of nitrogens with two attached hydrogens (primary N) is 2. The predicted molar refractivity (Wildman–Crippen MR) is 279 cm³/mol. The van der Waals surface area contributed by atoms with Gasteiger partial charge in [0.1, 0.15) is 24.8 Å². The number of hydrogen-bond acceptors (Lipinski definition) is 14. The fourth-order valence-electron chi connectivity index (χ4n) is 8.79. The van der Waals surface area contributed by atoms with Crippen LogP contribution in [0.2, 0.25) is 0 Å². The number of ether oxygens (including phenoxy) is 5. The van der Waals surface area contributed by atoms with Gasteiger partial charge in [-0.25, -0.2) is 15.0 Å². The van der Waals surface area contributed by atoms with Crippen molar-refractivity contribution in [1.29, 1.82) is 0 Å². The van der Waals surface area contributed by atoms with Crippen LogP contribution in [0.4, 0.5) is 15.3 Å². The highest BCUT2D eigenvalue weighted by Gasteiger charge is 2.51. The minimum absolute atomic E-state index is 0.0302. The number of primary amides is 1. The highest BCUT2D eigenvalue weighted by Crippen LogP contribution is 2.43. The number of amides is 8. The summed E-state index contributed by atoms with van der Waals surface area (Å²) >= 11 is 0. The standard InChI is InChI=1S/C53H81N9O13/c1-32(2)48(60-45(64)13-9-8-10-24-54)50(68)59-42(12-11-25-56-51(55)69)49(67)57-39-19-17-38(18-20-39)30-71-52(70)62-61-47(66)27-41-29-53(31-72-53)28-40(75-41)21-14-33(3)15-22-44-34(4)26-43(36(6)74-44)58-46(65)23-16-35(5)73-37(7)63/h14-21,23,32,34-36,40-44,48H,8-13,22,24-31,54H2,1-7H3,(H,57,67)(H,58,65)(H,59,68)(H,60,64)(H,61,66)(H,62,70)(H3,55,56,69)/b21-14+,23-16-,33-15+/t34-,35-,36+,40+,41+,42-,43+,44-,48-,53+/m0/s1. The molecule has 4 rings (SSSR count). The number of carbonyl (C=O) groups is 8. The van der Waals surface area contributed by atoms with Crippen molar-refractivity contribution in [2.45, 2.75) is 180 Å². The first-order valence-corrected chi connectivity index (χ1v) is 26.0. The average molecular weight is 1050 g/mol. The van der Waals surface area contributed by atoms with Crippen molar-refractivity contribution in [3.63, 3.8) is 0 Å². The fraction of sp³-hybridized carbons (Fsp3) is 0.623. The number of urea groups is 1. The lowest BCUT2D eigenvalue weighted by Crippen LogP contribution is -2.54. The van der Waals surface area contributed by atoms with Crippen molar-refractivity contribution in [2.24, 2.45) is 23.3 Å². The number of allylic oxidation sites excluding steroid dienone is 2. The van der Waals surface area contributed by atoms with Crippen LogP contribution < -0.4 is 48.9 Å². The summed E-state index contributed by atoms with van der Waals surface area (Å²) in [5, 5.41) is 13.8. The third kappa shape index (κ3) is 23.0. The van der Waals surface area contributed by atoms with E-state index in [0.717, 1.165) is 24.8 Å². The molecule has 1 aromatic carbocycles. The Labute approximate surface area is 440 Å². The Kier molecular flexibility index (Phi) is 25.2. The van der Waals surface area contributed by atoms with Crippen molar-refractivity contribution in [1.82, 2.24) is 32.1 Å². The van der Waals surface area contributed by atoms with E-state index in [1.807, 2.05) is 26.0 Å². The van der Waals surface area contributed by atoms with Crippen molar-refractivity contribution < 1.29 is 62.0 Å². The van der Waals surface area contributed by atoms with E-state index in [9.17, 15) is 38.4 Å². The zero-order valence-corrected chi connectivity index (χ0v) is 44.5. The van der Waals surface area contributed by atoms with Crippen LogP contribution in [0.1, 0.15) is 125 Å². The summed E-state index contributed by atoms with van der Waals surface area (Å²) in [6.45, 7) is 13.7. The average Bonchev–Trinajstić information content (AvgIpc) is 4.09. The minimum atomic E-state index is -1.02. The molecule has 416 valence electrons. The first kappa shape index (κ1) is 61.2. The molecule has 3 fully saturated rings. The SMILES string of the molecule is CC(=O)O[C@@H](C)/C=C\C(=O)N[C@@H]1C[C@H](C)[C@H](C/C=C(C)/C=C/[C@@H]2C[C@]3(CO3)C[C@@H](CC(=O)NNC(=O)OCc3ccc(NC(=O)[C@H](CCCNC(N)=O)NC(=O)[C@@H](NC(=O)CCCCCN)C(C)C)cc3)O2)O[C@@H]1C. The summed E-state index contributed by atoms with van der Waals surface area (Å²) in [7, 11) is 0. The quantitative estimate of drug-likeness (QED) is 0.0151. The van der Waals surface area contributed by atoms with Gasteiger partial charge in [0.05, 0.1) is 49.1 Å². The van der Waals surface area contributed by atoms with E-state index in [0.29, 0.717) is 56.5 Å². The first-order valence-electron chi connectivity index (χ1n) is 26.0. The smallest absolute Gasteiger partial charge is 0.426 e. The molecule has 0 bridgehead atoms. The normalized spacial score (nSPS) is 23.6. The molecular weight excluding hydrogens is 971 g/mol. The highest BCUT2D eigenvalue weighted by molar-refractivity contribution is 5.98. The van der Waals surface area contributed by atoms with Gasteiger partial charge in [0.15, 0.2) is 0 Å². The maximum Gasteiger partial charge on any atom is 0.426 e. The van der Waals surface area contributed by atoms with Gasteiger partial charge in [0.25, 0.3) is 0 Å². The molecule has 22 heteroatoms. The van der Waals surface area contributed by atoms with Gasteiger partial charge in [-0.05, 0) is 101 Å². The second kappa shape index (κ2) is 30.9. The third-order valence-electron chi connectivity index (χ3n) is 13.0.